The summed E-state index contributed by atoms with van der Waals surface area (Å²) in [6.45, 7) is 2.01. The Balaban J connectivity index is 2.14. The van der Waals surface area contributed by atoms with Crippen molar-refractivity contribution in [2.24, 2.45) is 0 Å². The van der Waals surface area contributed by atoms with Crippen molar-refractivity contribution in [3.05, 3.63) is 74.8 Å². The van der Waals surface area contributed by atoms with Crippen LogP contribution in [0.25, 0.3) is 0 Å². The summed E-state index contributed by atoms with van der Waals surface area (Å²) in [5.41, 5.74) is 0.124. The van der Waals surface area contributed by atoms with Gasteiger partial charge in [0.15, 0.2) is 0 Å². The Bertz CT molecular complexity index is 766. The number of nitrogens with one attached hydrogen (secondary N) is 1. The second kappa shape index (κ2) is 7.42. The number of ether oxygens (including phenoxy) is 1. The SMILES string of the molecule is COC(C)(CNC(=O)c1cccc([N+](=O)[O-])c1)c1cccc(Cl)c1. The molecule has 24 heavy (non-hydrogen) atoms. The number of rotatable bonds is 6. The van der Waals surface area contributed by atoms with Crippen LogP contribution in [0.4, 0.5) is 5.69 Å². The maximum Gasteiger partial charge on any atom is 0.270 e. The van der Waals surface area contributed by atoms with Crippen LogP contribution in [0.3, 0.4) is 0 Å². The van der Waals surface area contributed by atoms with Crippen molar-refractivity contribution in [1.82, 2.24) is 5.32 Å². The maximum atomic E-state index is 12.3. The lowest BCUT2D eigenvalue weighted by atomic mass is 9.95. The van der Waals surface area contributed by atoms with E-state index >= 15 is 0 Å². The Morgan fingerprint density at radius 3 is 2.62 bits per heavy atom. The van der Waals surface area contributed by atoms with E-state index in [1.807, 2.05) is 13.0 Å². The number of hydrogen-bond donors (Lipinski definition) is 1. The Morgan fingerprint density at radius 1 is 1.29 bits per heavy atom. The second-order valence-corrected chi connectivity index (χ2v) is 5.87. The normalized spacial score (nSPS) is 13.1. The number of non-ortho nitro benzene ring substituents is 1. The number of nitrogens with zero attached hydrogens (tertiary/aromatic N) is 1. The molecule has 0 bridgehead atoms. The predicted molar refractivity (Wildman–Crippen MR) is 91.2 cm³/mol. The molecule has 0 aliphatic heterocycles. The predicted octanol–water partition coefficient (Wildman–Crippen LogP) is 3.54. The highest BCUT2D eigenvalue weighted by atomic mass is 35.5. The van der Waals surface area contributed by atoms with Gasteiger partial charge in [0.25, 0.3) is 11.6 Å². The van der Waals surface area contributed by atoms with Crippen molar-refractivity contribution in [2.75, 3.05) is 13.7 Å². The van der Waals surface area contributed by atoms with Crippen molar-refractivity contribution in [3.8, 4) is 0 Å². The first-order valence-electron chi connectivity index (χ1n) is 7.19. The largest absolute Gasteiger partial charge is 0.372 e. The summed E-state index contributed by atoms with van der Waals surface area (Å²) in [4.78, 5) is 22.5. The highest BCUT2D eigenvalue weighted by Gasteiger charge is 2.27. The van der Waals surface area contributed by atoms with Crippen LogP contribution in [0.5, 0.6) is 0 Å². The number of carbonyl (C=O) groups excluding carboxylic acids is 1. The molecule has 0 aliphatic carbocycles. The fourth-order valence-electron chi connectivity index (χ4n) is 2.22. The molecule has 2 aromatic carbocycles. The van der Waals surface area contributed by atoms with Crippen LogP contribution in [0.1, 0.15) is 22.8 Å². The van der Waals surface area contributed by atoms with Crippen molar-refractivity contribution in [1.29, 1.82) is 0 Å². The maximum absolute atomic E-state index is 12.3. The number of benzene rings is 2. The van der Waals surface area contributed by atoms with Crippen molar-refractivity contribution in [3.63, 3.8) is 0 Å². The van der Waals surface area contributed by atoms with Crippen molar-refractivity contribution >= 4 is 23.2 Å². The first kappa shape index (κ1) is 17.9. The van der Waals surface area contributed by atoms with E-state index in [1.165, 1.54) is 24.3 Å². The van der Waals surface area contributed by atoms with Gasteiger partial charge >= 0.3 is 0 Å². The standard InChI is InChI=1S/C17H17ClN2O4/c1-17(24-2,13-6-4-7-14(18)10-13)11-19-16(21)12-5-3-8-15(9-12)20(22)23/h3-10H,11H2,1-2H3,(H,19,21). The topological polar surface area (TPSA) is 81.5 Å². The fraction of sp³-hybridized carbons (Fsp3) is 0.235. The van der Waals surface area contributed by atoms with Gasteiger partial charge in [-0.2, -0.15) is 0 Å². The van der Waals surface area contributed by atoms with Crippen LogP contribution in [-0.4, -0.2) is 24.5 Å². The number of methoxy groups -OCH3 is 1. The molecule has 0 spiro atoms. The van der Waals surface area contributed by atoms with Gasteiger partial charge in [-0.05, 0) is 30.7 Å². The summed E-state index contributed by atoms with van der Waals surface area (Å²) in [6, 6.07) is 12.7. The quantitative estimate of drug-likeness (QED) is 0.639. The van der Waals surface area contributed by atoms with E-state index in [0.29, 0.717) is 5.02 Å². The van der Waals surface area contributed by atoms with Crippen molar-refractivity contribution < 1.29 is 14.5 Å². The van der Waals surface area contributed by atoms with E-state index in [1.54, 1.807) is 25.3 Å². The van der Waals surface area contributed by atoms with Gasteiger partial charge in [-0.3, -0.25) is 14.9 Å². The number of halogens is 1. The lowest BCUT2D eigenvalue weighted by Gasteiger charge is -2.29. The number of hydrogen-bond acceptors (Lipinski definition) is 4. The first-order chi connectivity index (χ1) is 11.4. The van der Waals surface area contributed by atoms with Gasteiger partial charge in [0.1, 0.15) is 5.60 Å². The van der Waals surface area contributed by atoms with E-state index in [-0.39, 0.29) is 17.8 Å². The molecule has 0 heterocycles. The molecule has 1 atom stereocenters. The van der Waals surface area contributed by atoms with E-state index < -0.39 is 16.4 Å². The molecule has 2 rings (SSSR count). The van der Waals surface area contributed by atoms with Gasteiger partial charge < -0.3 is 10.1 Å². The highest BCUT2D eigenvalue weighted by molar-refractivity contribution is 6.30. The zero-order valence-corrected chi connectivity index (χ0v) is 14.0. The first-order valence-corrected chi connectivity index (χ1v) is 7.57. The minimum Gasteiger partial charge on any atom is -0.372 e. The summed E-state index contributed by atoms with van der Waals surface area (Å²) in [6.07, 6.45) is 0. The van der Waals surface area contributed by atoms with Crippen LogP contribution in [0, 0.1) is 10.1 Å². The van der Waals surface area contributed by atoms with Crippen LogP contribution in [0.2, 0.25) is 5.02 Å². The zero-order chi connectivity index (χ0) is 17.7. The van der Waals surface area contributed by atoms with Crippen LogP contribution in [0.15, 0.2) is 48.5 Å². The molecule has 0 fully saturated rings. The van der Waals surface area contributed by atoms with Gasteiger partial charge in [-0.1, -0.05) is 29.8 Å². The minimum atomic E-state index is -0.777. The summed E-state index contributed by atoms with van der Waals surface area (Å²) >= 11 is 6.01. The number of nitro groups is 1. The fourth-order valence-corrected chi connectivity index (χ4v) is 2.41. The van der Waals surface area contributed by atoms with Gasteiger partial charge in [-0.15, -0.1) is 0 Å². The van der Waals surface area contributed by atoms with E-state index in [0.717, 1.165) is 5.56 Å². The Hall–Kier alpha value is -2.44. The Kier molecular flexibility index (Phi) is 5.54. The molecule has 7 heteroatoms. The average molecular weight is 349 g/mol. The van der Waals surface area contributed by atoms with Crippen LogP contribution in [-0.2, 0) is 10.3 Å². The van der Waals surface area contributed by atoms with Gasteiger partial charge in [0.05, 0.1) is 11.5 Å². The van der Waals surface area contributed by atoms with E-state index in [9.17, 15) is 14.9 Å². The van der Waals surface area contributed by atoms with Crippen LogP contribution >= 0.6 is 11.6 Å². The van der Waals surface area contributed by atoms with Gasteiger partial charge in [0, 0.05) is 29.8 Å². The van der Waals surface area contributed by atoms with E-state index in [2.05, 4.69) is 5.32 Å². The smallest absolute Gasteiger partial charge is 0.270 e. The minimum absolute atomic E-state index is 0.132. The van der Waals surface area contributed by atoms with Gasteiger partial charge in [-0.25, -0.2) is 0 Å². The average Bonchev–Trinajstić information content (AvgIpc) is 2.59. The molecule has 0 radical (unpaired) electrons. The molecular weight excluding hydrogens is 332 g/mol. The van der Waals surface area contributed by atoms with Crippen molar-refractivity contribution in [2.45, 2.75) is 12.5 Å². The number of carbonyl (C=O) groups is 1. The molecule has 0 aromatic heterocycles. The molecule has 1 unspecified atom stereocenters. The molecule has 0 aliphatic rings. The second-order valence-electron chi connectivity index (χ2n) is 5.44. The Morgan fingerprint density at radius 2 is 2.00 bits per heavy atom. The third kappa shape index (κ3) is 4.10. The molecule has 6 nitrogen and oxygen atoms in total. The lowest BCUT2D eigenvalue weighted by molar-refractivity contribution is -0.384. The summed E-state index contributed by atoms with van der Waals surface area (Å²) in [5.74, 6) is -0.413. The monoisotopic (exact) mass is 348 g/mol. The molecule has 2 aromatic rings. The molecule has 126 valence electrons. The number of amides is 1. The third-order valence-corrected chi connectivity index (χ3v) is 4.03. The molecule has 0 saturated carbocycles. The summed E-state index contributed by atoms with van der Waals surface area (Å²) in [5, 5.41) is 14.1. The zero-order valence-electron chi connectivity index (χ0n) is 13.3. The molecule has 1 amide bonds. The van der Waals surface area contributed by atoms with E-state index in [4.69, 9.17) is 16.3 Å². The Labute approximate surface area is 144 Å². The number of nitro benzene ring substituents is 1. The van der Waals surface area contributed by atoms with Crippen LogP contribution < -0.4 is 5.32 Å². The molecule has 1 N–H and O–H groups in total. The summed E-state index contributed by atoms with van der Waals surface area (Å²) < 4.78 is 5.55. The van der Waals surface area contributed by atoms with Gasteiger partial charge in [0.2, 0.25) is 0 Å². The summed E-state index contributed by atoms with van der Waals surface area (Å²) in [7, 11) is 1.54. The lowest BCUT2D eigenvalue weighted by Crippen LogP contribution is -2.40. The molecule has 0 saturated heterocycles. The highest BCUT2D eigenvalue weighted by Crippen LogP contribution is 2.26. The molecular formula is C17H17ClN2O4. The third-order valence-electron chi connectivity index (χ3n) is 3.79.